The summed E-state index contributed by atoms with van der Waals surface area (Å²) in [5, 5.41) is 2.51. The van der Waals surface area contributed by atoms with E-state index in [-0.39, 0.29) is 24.7 Å². The van der Waals surface area contributed by atoms with E-state index in [1.807, 2.05) is 0 Å². The van der Waals surface area contributed by atoms with Crippen LogP contribution in [0.2, 0.25) is 0 Å². The molecule has 170 valence electrons. The molecule has 2 amide bonds. The monoisotopic (exact) mass is 449 g/mol. The molecule has 10 heteroatoms. The Hall–Kier alpha value is -3.27. The van der Waals surface area contributed by atoms with Gasteiger partial charge in [0.15, 0.2) is 6.10 Å². The van der Waals surface area contributed by atoms with Gasteiger partial charge in [0.25, 0.3) is 5.91 Å². The van der Waals surface area contributed by atoms with Gasteiger partial charge in [0.2, 0.25) is 5.91 Å². The highest BCUT2D eigenvalue weighted by molar-refractivity contribution is 5.95. The van der Waals surface area contributed by atoms with Crippen molar-refractivity contribution in [2.45, 2.75) is 12.3 Å². The van der Waals surface area contributed by atoms with Crippen LogP contribution in [-0.2, 0) is 20.5 Å². The van der Waals surface area contributed by atoms with Gasteiger partial charge in [0, 0.05) is 18.8 Å². The lowest BCUT2D eigenvalue weighted by atomic mass is 10.1. The topological polar surface area (TPSA) is 71.1 Å². The molecule has 0 aliphatic carbocycles. The van der Waals surface area contributed by atoms with Crippen molar-refractivity contribution in [1.82, 2.24) is 4.90 Å². The number of nitrogens with one attached hydrogen (secondary N) is 1. The largest absolute Gasteiger partial charge is 0.477 e. The van der Waals surface area contributed by atoms with Gasteiger partial charge in [0.05, 0.1) is 37.6 Å². The molecule has 2 aromatic carbocycles. The van der Waals surface area contributed by atoms with Crippen LogP contribution in [0.5, 0.6) is 5.75 Å². The molecule has 0 unspecified atom stereocenters. The molecular weight excluding hydrogens is 427 g/mol. The molecule has 7 nitrogen and oxygen atoms in total. The summed E-state index contributed by atoms with van der Waals surface area (Å²) < 4.78 is 50.0. The number of rotatable bonds is 4. The quantitative estimate of drug-likeness (QED) is 0.778. The Labute approximate surface area is 182 Å². The number of morpholine rings is 1. The summed E-state index contributed by atoms with van der Waals surface area (Å²) in [6, 6.07) is 11.5. The first-order valence-corrected chi connectivity index (χ1v) is 10.2. The van der Waals surface area contributed by atoms with E-state index < -0.39 is 23.8 Å². The Balaban J connectivity index is 1.48. The first kappa shape index (κ1) is 21.9. The maximum Gasteiger partial charge on any atom is 0.416 e. The molecule has 1 N–H and O–H groups in total. The van der Waals surface area contributed by atoms with Crippen molar-refractivity contribution in [1.29, 1.82) is 0 Å². The third kappa shape index (κ3) is 4.96. The zero-order valence-corrected chi connectivity index (χ0v) is 17.1. The number of halogens is 3. The smallest absolute Gasteiger partial charge is 0.416 e. The fourth-order valence-electron chi connectivity index (χ4n) is 3.72. The van der Waals surface area contributed by atoms with E-state index >= 15 is 0 Å². The number of nitrogens with zero attached hydrogens (tertiary/aromatic N) is 2. The SMILES string of the molecule is O=C(CN1C[C@@H](C(=O)N2CCOCC2)Oc2ccccc21)Nc1cccc(C(F)(F)F)c1. The second kappa shape index (κ2) is 9.07. The number of carbonyl (C=O) groups is 2. The van der Waals surface area contributed by atoms with Crippen LogP contribution in [0.15, 0.2) is 48.5 Å². The molecule has 0 spiro atoms. The number of ether oxygens (including phenoxy) is 2. The third-order valence-electron chi connectivity index (χ3n) is 5.27. The van der Waals surface area contributed by atoms with E-state index in [0.29, 0.717) is 37.7 Å². The highest BCUT2D eigenvalue weighted by Gasteiger charge is 2.35. The predicted octanol–water partition coefficient (Wildman–Crippen LogP) is 2.77. The van der Waals surface area contributed by atoms with Crippen LogP contribution in [0.25, 0.3) is 0 Å². The second-order valence-electron chi connectivity index (χ2n) is 7.52. The summed E-state index contributed by atoms with van der Waals surface area (Å²) in [6.07, 6.45) is -5.30. The molecule has 1 saturated heterocycles. The number of carbonyl (C=O) groups excluding carboxylic acids is 2. The Morgan fingerprint density at radius 2 is 1.81 bits per heavy atom. The molecule has 0 aromatic heterocycles. The normalized spacial score (nSPS) is 18.5. The molecule has 2 aliphatic heterocycles. The number of alkyl halides is 3. The lowest BCUT2D eigenvalue weighted by Gasteiger charge is -2.38. The summed E-state index contributed by atoms with van der Waals surface area (Å²) >= 11 is 0. The lowest BCUT2D eigenvalue weighted by Crippen LogP contribution is -2.53. The van der Waals surface area contributed by atoms with Crippen LogP contribution in [0, 0.1) is 0 Å². The molecule has 0 saturated carbocycles. The highest BCUT2D eigenvalue weighted by Crippen LogP contribution is 2.34. The van der Waals surface area contributed by atoms with Crippen molar-refractivity contribution in [3.05, 3.63) is 54.1 Å². The molecule has 2 aromatic rings. The van der Waals surface area contributed by atoms with Crippen LogP contribution in [0.1, 0.15) is 5.56 Å². The molecule has 1 fully saturated rings. The van der Waals surface area contributed by atoms with Gasteiger partial charge in [-0.2, -0.15) is 13.2 Å². The van der Waals surface area contributed by atoms with E-state index in [2.05, 4.69) is 5.32 Å². The standard InChI is InChI=1S/C22H22F3N3O4/c23-22(24,25)15-4-3-5-16(12-15)26-20(29)14-28-13-19(21(30)27-8-10-31-11-9-27)32-18-7-2-1-6-17(18)28/h1-7,12,19H,8-11,13-14H2,(H,26,29)/t19-/m0/s1. The van der Waals surface area contributed by atoms with Crippen molar-refractivity contribution in [3.63, 3.8) is 0 Å². The van der Waals surface area contributed by atoms with Gasteiger partial charge in [-0.15, -0.1) is 0 Å². The Morgan fingerprint density at radius 1 is 1.06 bits per heavy atom. The highest BCUT2D eigenvalue weighted by atomic mass is 19.4. The molecule has 0 radical (unpaired) electrons. The van der Waals surface area contributed by atoms with E-state index in [4.69, 9.17) is 9.47 Å². The number of amides is 2. The number of anilines is 2. The summed E-state index contributed by atoms with van der Waals surface area (Å²) in [5.41, 5.74) is -0.159. The summed E-state index contributed by atoms with van der Waals surface area (Å²) in [6.45, 7) is 1.84. The summed E-state index contributed by atoms with van der Waals surface area (Å²) in [4.78, 5) is 28.9. The lowest BCUT2D eigenvalue weighted by molar-refractivity contribution is -0.142. The van der Waals surface area contributed by atoms with Gasteiger partial charge in [0.1, 0.15) is 5.75 Å². The number of para-hydroxylation sites is 2. The maximum atomic E-state index is 12.9. The Morgan fingerprint density at radius 3 is 2.56 bits per heavy atom. The van der Waals surface area contributed by atoms with Crippen LogP contribution in [-0.4, -0.2) is 62.2 Å². The van der Waals surface area contributed by atoms with Crippen LogP contribution in [0.3, 0.4) is 0 Å². The van der Waals surface area contributed by atoms with Crippen LogP contribution < -0.4 is 15.0 Å². The van der Waals surface area contributed by atoms with Crippen molar-refractivity contribution in [3.8, 4) is 5.75 Å². The van der Waals surface area contributed by atoms with Gasteiger partial charge >= 0.3 is 6.18 Å². The van der Waals surface area contributed by atoms with E-state index in [1.165, 1.54) is 12.1 Å². The van der Waals surface area contributed by atoms with Gasteiger partial charge in [-0.05, 0) is 30.3 Å². The second-order valence-corrected chi connectivity index (χ2v) is 7.52. The molecular formula is C22H22F3N3O4. The van der Waals surface area contributed by atoms with E-state index in [1.54, 1.807) is 34.1 Å². The minimum Gasteiger partial charge on any atom is -0.477 e. The first-order chi connectivity index (χ1) is 15.3. The summed E-state index contributed by atoms with van der Waals surface area (Å²) in [7, 11) is 0. The fourth-order valence-corrected chi connectivity index (χ4v) is 3.72. The van der Waals surface area contributed by atoms with Crippen molar-refractivity contribution >= 4 is 23.2 Å². The Kier molecular flexibility index (Phi) is 6.22. The van der Waals surface area contributed by atoms with E-state index in [9.17, 15) is 22.8 Å². The van der Waals surface area contributed by atoms with Crippen LogP contribution in [0.4, 0.5) is 24.5 Å². The molecule has 0 bridgehead atoms. The number of hydrogen-bond donors (Lipinski definition) is 1. The average Bonchev–Trinajstić information content (AvgIpc) is 2.78. The average molecular weight is 449 g/mol. The van der Waals surface area contributed by atoms with E-state index in [0.717, 1.165) is 12.1 Å². The third-order valence-corrected chi connectivity index (χ3v) is 5.27. The Bertz CT molecular complexity index is 992. The summed E-state index contributed by atoms with van der Waals surface area (Å²) in [5.74, 6) is -0.220. The molecule has 2 heterocycles. The van der Waals surface area contributed by atoms with Crippen LogP contribution >= 0.6 is 0 Å². The van der Waals surface area contributed by atoms with Gasteiger partial charge in [-0.3, -0.25) is 9.59 Å². The number of hydrogen-bond acceptors (Lipinski definition) is 5. The first-order valence-electron chi connectivity index (χ1n) is 10.2. The number of benzene rings is 2. The molecule has 32 heavy (non-hydrogen) atoms. The fraction of sp³-hybridized carbons (Fsp3) is 0.364. The zero-order valence-electron chi connectivity index (χ0n) is 17.1. The minimum absolute atomic E-state index is 0.0484. The predicted molar refractivity (Wildman–Crippen MR) is 111 cm³/mol. The molecule has 4 rings (SSSR count). The maximum absolute atomic E-state index is 12.9. The molecule has 2 aliphatic rings. The van der Waals surface area contributed by atoms with Crippen molar-refractivity contribution < 1.29 is 32.2 Å². The van der Waals surface area contributed by atoms with Gasteiger partial charge in [-0.25, -0.2) is 0 Å². The number of fused-ring (bicyclic) bond motifs is 1. The zero-order chi connectivity index (χ0) is 22.7. The van der Waals surface area contributed by atoms with Gasteiger partial charge < -0.3 is 24.6 Å². The van der Waals surface area contributed by atoms with Crippen molar-refractivity contribution in [2.24, 2.45) is 0 Å². The minimum atomic E-state index is -4.50. The van der Waals surface area contributed by atoms with Crippen molar-refractivity contribution in [2.75, 3.05) is 49.6 Å². The molecule has 1 atom stereocenters. The van der Waals surface area contributed by atoms with Gasteiger partial charge in [-0.1, -0.05) is 18.2 Å².